The van der Waals surface area contributed by atoms with E-state index in [2.05, 4.69) is 16.0 Å². The van der Waals surface area contributed by atoms with Gasteiger partial charge < -0.3 is 20.7 Å². The third-order valence-electron chi connectivity index (χ3n) is 6.32. The first-order valence-corrected chi connectivity index (χ1v) is 14.9. The first-order chi connectivity index (χ1) is 20.2. The van der Waals surface area contributed by atoms with Crippen molar-refractivity contribution in [2.24, 2.45) is 0 Å². The smallest absolute Gasteiger partial charge is 0.341 e. The number of carbonyl (C=O) groups is 4. The van der Waals surface area contributed by atoms with Crippen LogP contribution in [0.4, 0.5) is 16.4 Å². The molecule has 4 aromatic rings. The number of rotatable bonds is 10. The lowest BCUT2D eigenvalue weighted by Crippen LogP contribution is -2.25. The molecule has 1 unspecified atom stereocenters. The van der Waals surface area contributed by atoms with Crippen LogP contribution in [0, 0.1) is 13.8 Å². The number of hydrogen-bond acceptors (Lipinski definition) is 7. The number of methoxy groups -OCH3 is 1. The zero-order valence-electron chi connectivity index (χ0n) is 23.6. The molecule has 0 bridgehead atoms. The summed E-state index contributed by atoms with van der Waals surface area (Å²) < 4.78 is 4.96. The number of nitrogens with one attached hydrogen (secondary N) is 3. The van der Waals surface area contributed by atoms with Gasteiger partial charge in [0, 0.05) is 21.8 Å². The maximum Gasteiger partial charge on any atom is 0.341 e. The fourth-order valence-corrected chi connectivity index (χ4v) is 6.30. The van der Waals surface area contributed by atoms with E-state index in [-0.39, 0.29) is 28.3 Å². The molecule has 0 radical (unpaired) electrons. The molecular weight excluding hydrogens is 571 g/mol. The number of anilines is 3. The maximum atomic E-state index is 13.4. The summed E-state index contributed by atoms with van der Waals surface area (Å²) in [6.07, 6.45) is 0.496. The van der Waals surface area contributed by atoms with E-state index in [0.717, 1.165) is 21.8 Å². The minimum atomic E-state index is -0.643. The highest BCUT2D eigenvalue weighted by atomic mass is 32.2. The standard InChI is InChI=1S/C32H31N3O5S2/c1-5-25(41-24-16-10-15-23(18-24)34-28(36)21-12-9-11-19(2)17-21)29(37)35-31-26(32(39)40-4)20(3)27(42-31)30(38)33-22-13-7-6-8-14-22/h6-18,25H,5H2,1-4H3,(H,33,38)(H,34,36)(H,35,37). The van der Waals surface area contributed by atoms with E-state index in [1.807, 2.05) is 56.3 Å². The van der Waals surface area contributed by atoms with Crippen molar-refractivity contribution in [2.45, 2.75) is 37.3 Å². The van der Waals surface area contributed by atoms with Crippen LogP contribution in [0.25, 0.3) is 0 Å². The maximum absolute atomic E-state index is 13.4. The van der Waals surface area contributed by atoms with Gasteiger partial charge in [0.05, 0.1) is 22.8 Å². The van der Waals surface area contributed by atoms with Gasteiger partial charge in [-0.1, -0.05) is 48.9 Å². The van der Waals surface area contributed by atoms with Crippen LogP contribution in [0.3, 0.4) is 0 Å². The third kappa shape index (κ3) is 7.45. The van der Waals surface area contributed by atoms with Gasteiger partial charge in [0.15, 0.2) is 0 Å². The second-order valence-electron chi connectivity index (χ2n) is 9.43. The Balaban J connectivity index is 1.50. The number of esters is 1. The van der Waals surface area contributed by atoms with Crippen molar-refractivity contribution in [3.8, 4) is 0 Å². The van der Waals surface area contributed by atoms with Crippen LogP contribution in [0.1, 0.15) is 54.9 Å². The molecule has 3 N–H and O–H groups in total. The van der Waals surface area contributed by atoms with E-state index in [4.69, 9.17) is 4.74 Å². The largest absolute Gasteiger partial charge is 0.465 e. The summed E-state index contributed by atoms with van der Waals surface area (Å²) in [5.41, 5.74) is 3.34. The highest BCUT2D eigenvalue weighted by Crippen LogP contribution is 2.36. The number of para-hydroxylation sites is 1. The highest BCUT2D eigenvalue weighted by Gasteiger charge is 2.28. The van der Waals surface area contributed by atoms with Crippen molar-refractivity contribution in [1.29, 1.82) is 0 Å². The Morgan fingerprint density at radius 2 is 1.52 bits per heavy atom. The molecule has 0 fully saturated rings. The molecule has 1 aromatic heterocycles. The van der Waals surface area contributed by atoms with E-state index in [1.54, 1.807) is 43.3 Å². The van der Waals surface area contributed by atoms with E-state index in [1.165, 1.54) is 18.9 Å². The van der Waals surface area contributed by atoms with Gasteiger partial charge >= 0.3 is 5.97 Å². The van der Waals surface area contributed by atoms with E-state index < -0.39 is 11.2 Å². The van der Waals surface area contributed by atoms with E-state index in [9.17, 15) is 19.2 Å². The summed E-state index contributed by atoms with van der Waals surface area (Å²) in [7, 11) is 1.25. The zero-order chi connectivity index (χ0) is 30.2. The van der Waals surface area contributed by atoms with Crippen molar-refractivity contribution in [1.82, 2.24) is 0 Å². The predicted octanol–water partition coefficient (Wildman–Crippen LogP) is 7.17. The molecule has 3 amide bonds. The van der Waals surface area contributed by atoms with E-state index >= 15 is 0 Å². The van der Waals surface area contributed by atoms with Gasteiger partial charge in [0.1, 0.15) is 5.00 Å². The quantitative estimate of drug-likeness (QED) is 0.131. The number of amides is 3. The second-order valence-corrected chi connectivity index (χ2v) is 11.7. The van der Waals surface area contributed by atoms with Gasteiger partial charge in [-0.3, -0.25) is 14.4 Å². The van der Waals surface area contributed by atoms with Gasteiger partial charge in [-0.05, 0) is 68.3 Å². The molecule has 10 heteroatoms. The first-order valence-electron chi connectivity index (χ1n) is 13.2. The number of hydrogen-bond donors (Lipinski definition) is 3. The summed E-state index contributed by atoms with van der Waals surface area (Å²) in [4.78, 5) is 52.9. The number of benzene rings is 3. The molecule has 0 aliphatic heterocycles. The molecule has 0 saturated carbocycles. The Morgan fingerprint density at radius 3 is 2.21 bits per heavy atom. The molecule has 1 atom stereocenters. The van der Waals surface area contributed by atoms with Gasteiger partial charge in [0.2, 0.25) is 5.91 Å². The minimum Gasteiger partial charge on any atom is -0.465 e. The lowest BCUT2D eigenvalue weighted by molar-refractivity contribution is -0.115. The molecule has 8 nitrogen and oxygen atoms in total. The minimum absolute atomic E-state index is 0.148. The van der Waals surface area contributed by atoms with Crippen molar-refractivity contribution in [2.75, 3.05) is 23.1 Å². The molecule has 0 saturated heterocycles. The number of carbonyl (C=O) groups excluding carboxylic acids is 4. The fraction of sp³-hybridized carbons (Fsp3) is 0.188. The van der Waals surface area contributed by atoms with Crippen LogP contribution < -0.4 is 16.0 Å². The molecule has 0 aliphatic rings. The SMILES string of the molecule is CCC(Sc1cccc(NC(=O)c2cccc(C)c2)c1)C(=O)Nc1sc(C(=O)Nc2ccccc2)c(C)c1C(=O)OC. The molecule has 0 aliphatic carbocycles. The van der Waals surface area contributed by atoms with Crippen LogP contribution >= 0.6 is 23.1 Å². The average molecular weight is 602 g/mol. The Bertz CT molecular complexity index is 1620. The average Bonchev–Trinajstić information content (AvgIpc) is 3.31. The number of thioether (sulfide) groups is 1. The van der Waals surface area contributed by atoms with Crippen LogP contribution in [0.5, 0.6) is 0 Å². The molecule has 0 spiro atoms. The van der Waals surface area contributed by atoms with Crippen LogP contribution in [-0.2, 0) is 9.53 Å². The molecule has 4 rings (SSSR count). The number of aryl methyl sites for hydroxylation is 1. The van der Waals surface area contributed by atoms with E-state index in [0.29, 0.717) is 33.8 Å². The van der Waals surface area contributed by atoms with Crippen molar-refractivity contribution in [3.63, 3.8) is 0 Å². The van der Waals surface area contributed by atoms with Crippen molar-refractivity contribution < 1.29 is 23.9 Å². The van der Waals surface area contributed by atoms with Crippen LogP contribution in [0.15, 0.2) is 83.8 Å². The molecular formula is C32H31N3O5S2. The summed E-state index contributed by atoms with van der Waals surface area (Å²) >= 11 is 2.37. The predicted molar refractivity (Wildman–Crippen MR) is 169 cm³/mol. The molecule has 3 aromatic carbocycles. The number of ether oxygens (including phenoxy) is 1. The van der Waals surface area contributed by atoms with Gasteiger partial charge in [0.25, 0.3) is 11.8 Å². The highest BCUT2D eigenvalue weighted by molar-refractivity contribution is 8.00. The molecule has 42 heavy (non-hydrogen) atoms. The normalized spacial score (nSPS) is 11.3. The lowest BCUT2D eigenvalue weighted by atomic mass is 10.1. The zero-order valence-corrected chi connectivity index (χ0v) is 25.3. The summed E-state index contributed by atoms with van der Waals surface area (Å²) in [6, 6.07) is 23.6. The van der Waals surface area contributed by atoms with Gasteiger partial charge in [-0.25, -0.2) is 4.79 Å². The molecule has 1 heterocycles. The van der Waals surface area contributed by atoms with Crippen LogP contribution in [0.2, 0.25) is 0 Å². The Labute approximate surface area is 252 Å². The Morgan fingerprint density at radius 1 is 0.833 bits per heavy atom. The summed E-state index contributed by atoms with van der Waals surface area (Å²) in [5, 5.41) is 8.33. The Hall–Kier alpha value is -4.41. The van der Waals surface area contributed by atoms with Gasteiger partial charge in [-0.15, -0.1) is 23.1 Å². The third-order valence-corrected chi connectivity index (χ3v) is 8.89. The first kappa shape index (κ1) is 30.5. The monoisotopic (exact) mass is 601 g/mol. The van der Waals surface area contributed by atoms with Crippen molar-refractivity contribution in [3.05, 3.63) is 106 Å². The fourth-order valence-electron chi connectivity index (χ4n) is 4.19. The van der Waals surface area contributed by atoms with Crippen LogP contribution in [-0.4, -0.2) is 36.1 Å². The van der Waals surface area contributed by atoms with Crippen molar-refractivity contribution >= 4 is 63.2 Å². The van der Waals surface area contributed by atoms with Gasteiger partial charge in [-0.2, -0.15) is 0 Å². The summed E-state index contributed by atoms with van der Waals surface area (Å²) in [6.45, 7) is 5.47. The number of thiophene rings is 1. The topological polar surface area (TPSA) is 114 Å². The summed E-state index contributed by atoms with van der Waals surface area (Å²) in [5.74, 6) is -1.57. The Kier molecular flexibility index (Phi) is 10.2. The lowest BCUT2D eigenvalue weighted by Gasteiger charge is -2.15. The molecule has 216 valence electrons. The second kappa shape index (κ2) is 14.0.